The van der Waals surface area contributed by atoms with E-state index < -0.39 is 23.0 Å². The summed E-state index contributed by atoms with van der Waals surface area (Å²) in [5, 5.41) is 17.1. The summed E-state index contributed by atoms with van der Waals surface area (Å²) in [7, 11) is -5.17. The van der Waals surface area contributed by atoms with E-state index in [0.717, 1.165) is 0 Å². The van der Waals surface area contributed by atoms with Crippen LogP contribution in [-0.2, 0) is 19.9 Å². The van der Waals surface area contributed by atoms with Crippen LogP contribution in [-0.4, -0.2) is 66.6 Å². The van der Waals surface area contributed by atoms with Gasteiger partial charge < -0.3 is 40.3 Å². The number of ether oxygens (including phenoxy) is 2. The van der Waals surface area contributed by atoms with Gasteiger partial charge in [0.25, 0.3) is 0 Å². The van der Waals surface area contributed by atoms with Gasteiger partial charge in [0.2, 0.25) is 12.6 Å². The molecule has 2 atom stereocenters. The van der Waals surface area contributed by atoms with Gasteiger partial charge in [0.05, 0.1) is 0 Å². The van der Waals surface area contributed by atoms with Crippen molar-refractivity contribution in [2.45, 2.75) is 26.4 Å². The van der Waals surface area contributed by atoms with Crippen molar-refractivity contribution in [3.05, 3.63) is 0 Å². The predicted molar refractivity (Wildman–Crippen MR) is 61.3 cm³/mol. The number of rotatable bonds is 6. The van der Waals surface area contributed by atoms with Crippen LogP contribution in [0.2, 0.25) is 0 Å². The molecule has 0 aliphatic heterocycles. The third-order valence-corrected chi connectivity index (χ3v) is 1.21. The highest BCUT2D eigenvalue weighted by atomic mass is 32.3. The fraction of sp³-hybridized carbons (Fsp3) is 1.00. The van der Waals surface area contributed by atoms with Crippen molar-refractivity contribution in [1.29, 1.82) is 0 Å². The van der Waals surface area contributed by atoms with E-state index in [1.807, 2.05) is 13.8 Å². The maximum Gasteiger partial charge on any atom is 0.204 e. The molecule has 0 aromatic rings. The molecule has 0 saturated heterocycles. The van der Waals surface area contributed by atoms with Gasteiger partial charge in [-0.2, -0.15) is 0 Å². The first-order chi connectivity index (χ1) is 8.62. The molecule has 0 aliphatic rings. The van der Waals surface area contributed by atoms with Gasteiger partial charge in [0, 0.05) is 23.6 Å². The van der Waals surface area contributed by atoms with E-state index >= 15 is 0 Å². The molecule has 0 radical (unpaired) electrons. The molecule has 0 fully saturated rings. The predicted octanol–water partition coefficient (Wildman–Crippen LogP) is -4.17. The molecule has 120 valence electrons. The summed E-state index contributed by atoms with van der Waals surface area (Å²) in [5.41, 5.74) is 6.86. The molecule has 0 aromatic carbocycles. The Labute approximate surface area is 112 Å². The Balaban J connectivity index is -0.000000206. The van der Waals surface area contributed by atoms with Gasteiger partial charge in [0.15, 0.2) is 0 Å². The molecule has 8 N–H and O–H groups in total. The molecule has 11 heteroatoms. The van der Waals surface area contributed by atoms with E-state index in [-0.39, 0.29) is 0 Å². The van der Waals surface area contributed by atoms with Crippen LogP contribution in [0.1, 0.15) is 13.8 Å². The van der Waals surface area contributed by atoms with Crippen LogP contribution in [0.15, 0.2) is 0 Å². The standard InChI is InChI=1S/2C4H11NO2.H2O4S/c2*1-2-7-4(6)3-5;1-5(2,3)4/h2*4,6H,2-3,5H2,1H3;(H2,1,2,3,4). The summed E-state index contributed by atoms with van der Waals surface area (Å²) < 4.78 is 43.5. The second-order valence-corrected chi connectivity index (χ2v) is 3.62. The largest absolute Gasteiger partial charge is 0.759 e. The highest BCUT2D eigenvalue weighted by molar-refractivity contribution is 7.79. The van der Waals surface area contributed by atoms with Gasteiger partial charge in [-0.15, -0.1) is 0 Å². The first-order valence-corrected chi connectivity index (χ1v) is 6.80. The molecular weight excluding hydrogens is 284 g/mol. The van der Waals surface area contributed by atoms with Crippen molar-refractivity contribution in [2.24, 2.45) is 0 Å². The average Bonchev–Trinajstić information content (AvgIpc) is 2.28. The summed E-state index contributed by atoms with van der Waals surface area (Å²) >= 11 is 0. The third-order valence-electron chi connectivity index (χ3n) is 1.21. The van der Waals surface area contributed by atoms with Crippen LogP contribution in [0.25, 0.3) is 0 Å². The Morgan fingerprint density at radius 2 is 1.21 bits per heavy atom. The van der Waals surface area contributed by atoms with Gasteiger partial charge in [-0.1, -0.05) is 0 Å². The average molecular weight is 308 g/mol. The number of aliphatic hydroxyl groups is 2. The molecule has 0 aliphatic carbocycles. The SMILES string of the molecule is CCOC(O)C[NH3+].CCOC(O)C[NH3+].O=S(=O)([O-])[O-]. The van der Waals surface area contributed by atoms with Crippen molar-refractivity contribution in [3.8, 4) is 0 Å². The normalized spacial score (nSPS) is 13.5. The molecule has 0 aromatic heterocycles. The second-order valence-electron chi connectivity index (χ2n) is 2.81. The van der Waals surface area contributed by atoms with Crippen LogP contribution in [0.5, 0.6) is 0 Å². The van der Waals surface area contributed by atoms with Crippen LogP contribution in [0.4, 0.5) is 0 Å². The minimum atomic E-state index is -5.17. The summed E-state index contributed by atoms with van der Waals surface area (Å²) in [5.74, 6) is 0. The zero-order valence-electron chi connectivity index (χ0n) is 11.1. The fourth-order valence-corrected chi connectivity index (χ4v) is 0.551. The fourth-order valence-electron chi connectivity index (χ4n) is 0.551. The lowest BCUT2D eigenvalue weighted by Gasteiger charge is -2.06. The van der Waals surface area contributed by atoms with Gasteiger partial charge >= 0.3 is 0 Å². The lowest BCUT2D eigenvalue weighted by molar-refractivity contribution is -0.406. The summed E-state index contributed by atoms with van der Waals surface area (Å²) in [6, 6.07) is 0. The molecule has 10 nitrogen and oxygen atoms in total. The number of hydrogen-bond acceptors (Lipinski definition) is 8. The second kappa shape index (κ2) is 15.7. The van der Waals surface area contributed by atoms with E-state index in [4.69, 9.17) is 27.7 Å². The van der Waals surface area contributed by atoms with E-state index in [0.29, 0.717) is 26.3 Å². The summed E-state index contributed by atoms with van der Waals surface area (Å²) in [6.45, 7) is 5.62. The van der Waals surface area contributed by atoms with E-state index in [2.05, 4.69) is 20.9 Å². The van der Waals surface area contributed by atoms with Gasteiger partial charge in [-0.25, -0.2) is 0 Å². The highest BCUT2D eigenvalue weighted by Crippen LogP contribution is 1.78. The molecule has 2 unspecified atom stereocenters. The molecule has 0 spiro atoms. The highest BCUT2D eigenvalue weighted by Gasteiger charge is 1.97. The molecule has 0 saturated carbocycles. The van der Waals surface area contributed by atoms with Crippen molar-refractivity contribution >= 4 is 10.4 Å². The molecule has 0 rings (SSSR count). The van der Waals surface area contributed by atoms with Crippen molar-refractivity contribution in [2.75, 3.05) is 26.3 Å². The number of quaternary nitrogens is 2. The Morgan fingerprint density at radius 1 is 1.00 bits per heavy atom. The van der Waals surface area contributed by atoms with Crippen LogP contribution in [0, 0.1) is 0 Å². The molecule has 19 heavy (non-hydrogen) atoms. The maximum absolute atomic E-state index is 8.57. The quantitative estimate of drug-likeness (QED) is 0.215. The Kier molecular flexibility index (Phi) is 19.6. The van der Waals surface area contributed by atoms with Gasteiger partial charge in [0.1, 0.15) is 13.1 Å². The first-order valence-electron chi connectivity index (χ1n) is 5.46. The Morgan fingerprint density at radius 3 is 1.26 bits per heavy atom. The molecule has 0 amide bonds. The Bertz CT molecular complexity index is 241. The number of hydrogen-bond donors (Lipinski definition) is 4. The third kappa shape index (κ3) is 46.4. The zero-order valence-corrected chi connectivity index (χ0v) is 12.0. The van der Waals surface area contributed by atoms with Crippen LogP contribution in [0.3, 0.4) is 0 Å². The minimum absolute atomic E-state index is 0.424. The van der Waals surface area contributed by atoms with Gasteiger partial charge in [-0.05, 0) is 13.8 Å². The van der Waals surface area contributed by atoms with Gasteiger partial charge in [-0.3, -0.25) is 8.42 Å². The van der Waals surface area contributed by atoms with E-state index in [1.54, 1.807) is 0 Å². The first kappa shape index (κ1) is 23.7. The van der Waals surface area contributed by atoms with Crippen molar-refractivity contribution < 1.29 is 48.7 Å². The monoisotopic (exact) mass is 308 g/mol. The number of aliphatic hydroxyl groups excluding tert-OH is 2. The zero-order chi connectivity index (χ0) is 15.9. The van der Waals surface area contributed by atoms with Crippen molar-refractivity contribution in [3.63, 3.8) is 0 Å². The molecular formula is C8H24N2O8S. The smallest absolute Gasteiger partial charge is 0.204 e. The lowest BCUT2D eigenvalue weighted by Crippen LogP contribution is -2.56. The van der Waals surface area contributed by atoms with Crippen LogP contribution >= 0.6 is 0 Å². The molecule has 0 bridgehead atoms. The van der Waals surface area contributed by atoms with Crippen molar-refractivity contribution in [1.82, 2.24) is 0 Å². The van der Waals surface area contributed by atoms with E-state index in [9.17, 15) is 0 Å². The Hall–Kier alpha value is -0.370. The molecule has 0 heterocycles. The summed E-state index contributed by atoms with van der Waals surface area (Å²) in [6.07, 6.45) is -1.32. The summed E-state index contributed by atoms with van der Waals surface area (Å²) in [4.78, 5) is 0. The topological polar surface area (TPSA) is 194 Å². The van der Waals surface area contributed by atoms with E-state index in [1.165, 1.54) is 0 Å². The minimum Gasteiger partial charge on any atom is -0.759 e. The van der Waals surface area contributed by atoms with Crippen LogP contribution < -0.4 is 11.5 Å². The maximum atomic E-state index is 8.57. The lowest BCUT2D eigenvalue weighted by atomic mass is 10.6.